The van der Waals surface area contributed by atoms with Gasteiger partial charge in [0.05, 0.1) is 11.8 Å². The van der Waals surface area contributed by atoms with Gasteiger partial charge >= 0.3 is 0 Å². The fraction of sp³-hybridized carbons (Fsp3) is 0. The van der Waals surface area contributed by atoms with Crippen LogP contribution in [0, 0.1) is 5.82 Å². The SMILES string of the molecule is Fc1ccccc1-n1ncc(-c2nn[nH]n2)c1Br. The van der Waals surface area contributed by atoms with Crippen molar-refractivity contribution in [1.82, 2.24) is 30.4 Å². The zero-order valence-corrected chi connectivity index (χ0v) is 10.5. The molecule has 1 N–H and O–H groups in total. The molecule has 18 heavy (non-hydrogen) atoms. The van der Waals surface area contributed by atoms with Gasteiger partial charge < -0.3 is 0 Å². The van der Waals surface area contributed by atoms with E-state index in [4.69, 9.17) is 0 Å². The number of aromatic amines is 1. The molecule has 0 spiro atoms. The number of nitrogens with one attached hydrogen (secondary N) is 1. The molecule has 3 rings (SSSR count). The molecule has 0 fully saturated rings. The Hall–Kier alpha value is -2.09. The number of H-pyrrole nitrogens is 1. The van der Waals surface area contributed by atoms with Crippen LogP contribution < -0.4 is 0 Å². The summed E-state index contributed by atoms with van der Waals surface area (Å²) in [6.07, 6.45) is 1.54. The first-order valence-corrected chi connectivity index (χ1v) is 5.79. The van der Waals surface area contributed by atoms with Crippen LogP contribution >= 0.6 is 15.9 Å². The van der Waals surface area contributed by atoms with Crippen molar-refractivity contribution in [2.24, 2.45) is 0 Å². The van der Waals surface area contributed by atoms with Gasteiger partial charge in [0.1, 0.15) is 16.1 Å². The molecule has 0 saturated heterocycles. The molecule has 0 radical (unpaired) electrons. The summed E-state index contributed by atoms with van der Waals surface area (Å²) in [4.78, 5) is 0. The van der Waals surface area contributed by atoms with Gasteiger partial charge in [0.15, 0.2) is 0 Å². The van der Waals surface area contributed by atoms with Crippen molar-refractivity contribution < 1.29 is 4.39 Å². The maximum Gasteiger partial charge on any atom is 0.209 e. The van der Waals surface area contributed by atoms with Crippen LogP contribution in [0.25, 0.3) is 17.1 Å². The number of nitrogens with zero attached hydrogens (tertiary/aromatic N) is 5. The van der Waals surface area contributed by atoms with Crippen molar-refractivity contribution >= 4 is 15.9 Å². The smallest absolute Gasteiger partial charge is 0.209 e. The number of hydrogen-bond donors (Lipinski definition) is 1. The van der Waals surface area contributed by atoms with E-state index in [9.17, 15) is 4.39 Å². The van der Waals surface area contributed by atoms with Crippen molar-refractivity contribution in [2.45, 2.75) is 0 Å². The lowest BCUT2D eigenvalue weighted by atomic mass is 10.3. The predicted molar refractivity (Wildman–Crippen MR) is 64.4 cm³/mol. The van der Waals surface area contributed by atoms with Crippen molar-refractivity contribution in [3.8, 4) is 17.1 Å². The highest BCUT2D eigenvalue weighted by Gasteiger charge is 2.16. The average Bonchev–Trinajstić information content (AvgIpc) is 2.99. The Morgan fingerprint density at radius 1 is 1.28 bits per heavy atom. The molecule has 0 unspecified atom stereocenters. The topological polar surface area (TPSA) is 72.3 Å². The Kier molecular flexibility index (Phi) is 2.63. The summed E-state index contributed by atoms with van der Waals surface area (Å²) >= 11 is 3.36. The molecule has 2 aromatic heterocycles. The largest absolute Gasteiger partial charge is 0.223 e. The number of benzene rings is 1. The van der Waals surface area contributed by atoms with Crippen LogP contribution in [0.15, 0.2) is 35.1 Å². The molecule has 3 aromatic rings. The Bertz CT molecular complexity index is 678. The second-order valence-corrected chi connectivity index (χ2v) is 4.20. The molecule has 0 bridgehead atoms. The summed E-state index contributed by atoms with van der Waals surface area (Å²) in [5.74, 6) is 0.0328. The molecule has 0 atom stereocenters. The van der Waals surface area contributed by atoms with Gasteiger partial charge in [-0.3, -0.25) is 0 Å². The Labute approximate surface area is 109 Å². The Morgan fingerprint density at radius 3 is 2.83 bits per heavy atom. The third kappa shape index (κ3) is 1.70. The van der Waals surface area contributed by atoms with Crippen LogP contribution in [0.3, 0.4) is 0 Å². The van der Waals surface area contributed by atoms with Gasteiger partial charge in [-0.05, 0) is 33.3 Å². The molecular weight excluding hydrogens is 303 g/mol. The normalized spacial score (nSPS) is 10.8. The van der Waals surface area contributed by atoms with Crippen molar-refractivity contribution in [2.75, 3.05) is 0 Å². The monoisotopic (exact) mass is 308 g/mol. The van der Waals surface area contributed by atoms with Gasteiger partial charge in [-0.15, -0.1) is 10.2 Å². The molecule has 0 saturated carbocycles. The van der Waals surface area contributed by atoms with E-state index >= 15 is 0 Å². The first-order valence-electron chi connectivity index (χ1n) is 4.99. The van der Waals surface area contributed by atoms with E-state index in [0.717, 1.165) is 0 Å². The minimum Gasteiger partial charge on any atom is -0.223 e. The van der Waals surface area contributed by atoms with Crippen LogP contribution in [-0.2, 0) is 0 Å². The standard InChI is InChI=1S/C10H6BrFN6/c11-9-6(10-14-16-17-15-10)5-13-18(9)8-4-2-1-3-7(8)12/h1-5H,(H,14,15,16,17). The van der Waals surface area contributed by atoms with E-state index in [1.807, 2.05) is 0 Å². The van der Waals surface area contributed by atoms with Crippen molar-refractivity contribution in [1.29, 1.82) is 0 Å². The molecule has 8 heteroatoms. The number of halogens is 2. The van der Waals surface area contributed by atoms with Gasteiger partial charge in [-0.2, -0.15) is 10.3 Å². The van der Waals surface area contributed by atoms with Gasteiger partial charge in [0.2, 0.25) is 5.82 Å². The van der Waals surface area contributed by atoms with E-state index in [1.165, 1.54) is 10.7 Å². The lowest BCUT2D eigenvalue weighted by Gasteiger charge is -2.04. The Balaban J connectivity index is 2.14. The molecule has 2 heterocycles. The molecule has 90 valence electrons. The van der Waals surface area contributed by atoms with Crippen LogP contribution in [0.1, 0.15) is 0 Å². The first-order chi connectivity index (χ1) is 8.77. The number of para-hydroxylation sites is 1. The quantitative estimate of drug-likeness (QED) is 0.785. The molecule has 6 nitrogen and oxygen atoms in total. The fourth-order valence-corrected chi connectivity index (χ4v) is 2.11. The molecule has 0 aliphatic carbocycles. The molecule has 0 aliphatic heterocycles. The zero-order chi connectivity index (χ0) is 12.5. The summed E-state index contributed by atoms with van der Waals surface area (Å²) in [6.45, 7) is 0. The molecule has 0 amide bonds. The summed E-state index contributed by atoms with van der Waals surface area (Å²) in [6, 6.07) is 6.36. The van der Waals surface area contributed by atoms with E-state index in [-0.39, 0.29) is 5.82 Å². The van der Waals surface area contributed by atoms with Gasteiger partial charge in [-0.25, -0.2) is 9.07 Å². The maximum absolute atomic E-state index is 13.7. The highest BCUT2D eigenvalue weighted by Crippen LogP contribution is 2.27. The predicted octanol–water partition coefficient (Wildman–Crippen LogP) is 1.95. The van der Waals surface area contributed by atoms with Gasteiger partial charge in [0.25, 0.3) is 0 Å². The van der Waals surface area contributed by atoms with E-state index in [0.29, 0.717) is 21.7 Å². The fourth-order valence-electron chi connectivity index (χ4n) is 1.55. The second-order valence-electron chi connectivity index (χ2n) is 3.45. The van der Waals surface area contributed by atoms with E-state index < -0.39 is 0 Å². The first kappa shape index (κ1) is 11.0. The van der Waals surface area contributed by atoms with Gasteiger partial charge in [-0.1, -0.05) is 12.1 Å². The van der Waals surface area contributed by atoms with Crippen molar-refractivity contribution in [3.63, 3.8) is 0 Å². The highest BCUT2D eigenvalue weighted by atomic mass is 79.9. The lowest BCUT2D eigenvalue weighted by molar-refractivity contribution is 0.609. The summed E-state index contributed by atoms with van der Waals surface area (Å²) in [5, 5.41) is 17.6. The number of hydrogen-bond acceptors (Lipinski definition) is 4. The molecule has 1 aromatic carbocycles. The second kappa shape index (κ2) is 4.30. The van der Waals surface area contributed by atoms with Crippen LogP contribution in [0.2, 0.25) is 0 Å². The third-order valence-electron chi connectivity index (χ3n) is 2.38. The molecule has 0 aliphatic rings. The zero-order valence-electron chi connectivity index (χ0n) is 8.88. The van der Waals surface area contributed by atoms with Crippen molar-refractivity contribution in [3.05, 3.63) is 40.9 Å². The number of rotatable bonds is 2. The lowest BCUT2D eigenvalue weighted by Crippen LogP contribution is -1.99. The third-order valence-corrected chi connectivity index (χ3v) is 3.14. The van der Waals surface area contributed by atoms with Crippen LogP contribution in [0.5, 0.6) is 0 Å². The summed E-state index contributed by atoms with van der Waals surface area (Å²) in [7, 11) is 0. The van der Waals surface area contributed by atoms with E-state index in [1.54, 1.807) is 24.4 Å². The Morgan fingerprint density at radius 2 is 2.11 bits per heavy atom. The highest BCUT2D eigenvalue weighted by molar-refractivity contribution is 9.10. The maximum atomic E-state index is 13.7. The summed E-state index contributed by atoms with van der Waals surface area (Å²) in [5.41, 5.74) is 0.978. The molecular formula is C10H6BrFN6. The van der Waals surface area contributed by atoms with Crippen LogP contribution in [-0.4, -0.2) is 30.4 Å². The number of aromatic nitrogens is 6. The van der Waals surface area contributed by atoms with Crippen LogP contribution in [0.4, 0.5) is 4.39 Å². The minimum absolute atomic E-state index is 0.346. The van der Waals surface area contributed by atoms with E-state index in [2.05, 4.69) is 41.7 Å². The summed E-state index contributed by atoms with van der Waals surface area (Å²) < 4.78 is 15.7. The average molecular weight is 309 g/mol. The number of tetrazole rings is 1. The minimum atomic E-state index is -0.360. The van der Waals surface area contributed by atoms with Gasteiger partial charge in [0, 0.05) is 0 Å².